The van der Waals surface area contributed by atoms with Crippen molar-refractivity contribution in [3.05, 3.63) is 57.6 Å². The lowest BCUT2D eigenvalue weighted by Gasteiger charge is -2.24. The average molecular weight is 395 g/mol. The molecule has 0 spiro atoms. The van der Waals surface area contributed by atoms with E-state index in [0.29, 0.717) is 16.4 Å². The van der Waals surface area contributed by atoms with E-state index in [9.17, 15) is 13.2 Å². The summed E-state index contributed by atoms with van der Waals surface area (Å²) in [6.07, 6.45) is 1.09. The van der Waals surface area contributed by atoms with Gasteiger partial charge < -0.3 is 5.32 Å². The molecule has 2 aromatic rings. The van der Waals surface area contributed by atoms with Crippen LogP contribution in [0.1, 0.15) is 22.3 Å². The molecule has 0 heterocycles. The quantitative estimate of drug-likeness (QED) is 0.834. The fourth-order valence-corrected chi connectivity index (χ4v) is 4.03. The van der Waals surface area contributed by atoms with Gasteiger partial charge in [0.05, 0.1) is 22.7 Å². The van der Waals surface area contributed by atoms with Crippen molar-refractivity contribution in [3.63, 3.8) is 0 Å². The molecule has 0 aliphatic heterocycles. The lowest BCUT2D eigenvalue weighted by molar-refractivity contribution is -0.114. The highest BCUT2D eigenvalue weighted by atomic mass is 35.5. The van der Waals surface area contributed by atoms with Crippen LogP contribution in [0.5, 0.6) is 0 Å². The molecule has 1 amide bonds. The molecule has 5 nitrogen and oxygen atoms in total. The second kappa shape index (κ2) is 7.68. The van der Waals surface area contributed by atoms with Gasteiger partial charge in [0.1, 0.15) is 6.54 Å². The van der Waals surface area contributed by atoms with Crippen LogP contribution in [0.2, 0.25) is 5.02 Å². The zero-order valence-electron chi connectivity index (χ0n) is 15.6. The Morgan fingerprint density at radius 3 is 2.27 bits per heavy atom. The van der Waals surface area contributed by atoms with Crippen molar-refractivity contribution in [1.29, 1.82) is 0 Å². The standard InChI is InChI=1S/C19H23ClN2O3S/c1-12-6-7-14(3)17(10-12)22(26(5,24)25)11-18(23)21-19-15(4)8-13(2)9-16(19)20/h6-10H,11H2,1-5H3,(H,21,23). The molecule has 26 heavy (non-hydrogen) atoms. The van der Waals surface area contributed by atoms with Crippen molar-refractivity contribution in [2.75, 3.05) is 22.4 Å². The van der Waals surface area contributed by atoms with Gasteiger partial charge in [-0.25, -0.2) is 8.42 Å². The Labute approximate surface area is 160 Å². The second-order valence-electron chi connectivity index (χ2n) is 6.55. The molecule has 0 saturated carbocycles. The van der Waals surface area contributed by atoms with Crippen molar-refractivity contribution < 1.29 is 13.2 Å². The van der Waals surface area contributed by atoms with Gasteiger partial charge in [-0.1, -0.05) is 29.8 Å². The van der Waals surface area contributed by atoms with Crippen molar-refractivity contribution in [3.8, 4) is 0 Å². The maximum atomic E-state index is 12.6. The van der Waals surface area contributed by atoms with E-state index in [0.717, 1.165) is 32.8 Å². The van der Waals surface area contributed by atoms with Crippen LogP contribution in [-0.4, -0.2) is 27.1 Å². The van der Waals surface area contributed by atoms with E-state index in [2.05, 4.69) is 5.32 Å². The summed E-state index contributed by atoms with van der Waals surface area (Å²) in [6.45, 7) is 7.11. The highest BCUT2D eigenvalue weighted by Gasteiger charge is 2.23. The van der Waals surface area contributed by atoms with Gasteiger partial charge >= 0.3 is 0 Å². The lowest BCUT2D eigenvalue weighted by Crippen LogP contribution is -2.38. The van der Waals surface area contributed by atoms with E-state index in [1.54, 1.807) is 12.1 Å². The summed E-state index contributed by atoms with van der Waals surface area (Å²) < 4.78 is 25.7. The third-order valence-corrected chi connectivity index (χ3v) is 5.44. The van der Waals surface area contributed by atoms with Gasteiger partial charge in [-0.3, -0.25) is 9.10 Å². The minimum absolute atomic E-state index is 0.327. The van der Waals surface area contributed by atoms with Crippen LogP contribution in [0.4, 0.5) is 11.4 Å². The molecule has 0 radical (unpaired) electrons. The highest BCUT2D eigenvalue weighted by molar-refractivity contribution is 7.92. The number of hydrogen-bond donors (Lipinski definition) is 1. The maximum Gasteiger partial charge on any atom is 0.245 e. The van der Waals surface area contributed by atoms with Crippen LogP contribution in [-0.2, 0) is 14.8 Å². The minimum atomic E-state index is -3.63. The SMILES string of the molecule is Cc1cc(C)c(NC(=O)CN(c2cc(C)ccc2C)S(C)(=O)=O)c(Cl)c1. The number of hydrogen-bond acceptors (Lipinski definition) is 3. The number of nitrogens with one attached hydrogen (secondary N) is 1. The summed E-state index contributed by atoms with van der Waals surface area (Å²) in [5, 5.41) is 3.16. The number of sulfonamides is 1. The Kier molecular flexibility index (Phi) is 5.98. The molecular weight excluding hydrogens is 372 g/mol. The van der Waals surface area contributed by atoms with E-state index < -0.39 is 15.9 Å². The first-order valence-electron chi connectivity index (χ1n) is 8.10. The molecule has 0 atom stereocenters. The first-order valence-corrected chi connectivity index (χ1v) is 10.3. The second-order valence-corrected chi connectivity index (χ2v) is 8.86. The molecule has 7 heteroatoms. The number of nitrogens with zero attached hydrogens (tertiary/aromatic N) is 1. The summed E-state index contributed by atoms with van der Waals surface area (Å²) in [7, 11) is -3.63. The summed E-state index contributed by atoms with van der Waals surface area (Å²) in [4.78, 5) is 12.6. The molecule has 0 fully saturated rings. The predicted octanol–water partition coefficient (Wildman–Crippen LogP) is 3.98. The number of halogens is 1. The number of anilines is 2. The average Bonchev–Trinajstić information content (AvgIpc) is 2.50. The largest absolute Gasteiger partial charge is 0.323 e. The summed E-state index contributed by atoms with van der Waals surface area (Å²) in [6, 6.07) is 9.15. The van der Waals surface area contributed by atoms with E-state index in [1.165, 1.54) is 0 Å². The van der Waals surface area contributed by atoms with Crippen molar-refractivity contribution in [2.45, 2.75) is 27.7 Å². The fraction of sp³-hybridized carbons (Fsp3) is 0.316. The van der Waals surface area contributed by atoms with Crippen LogP contribution in [0.15, 0.2) is 30.3 Å². The van der Waals surface area contributed by atoms with Crippen molar-refractivity contribution in [1.82, 2.24) is 0 Å². The van der Waals surface area contributed by atoms with Gasteiger partial charge in [0.2, 0.25) is 15.9 Å². The minimum Gasteiger partial charge on any atom is -0.323 e. The Hall–Kier alpha value is -2.05. The number of amides is 1. The van der Waals surface area contributed by atoms with Crippen LogP contribution in [0.25, 0.3) is 0 Å². The monoisotopic (exact) mass is 394 g/mol. The molecular formula is C19H23ClN2O3S. The number of benzene rings is 2. The zero-order valence-corrected chi connectivity index (χ0v) is 17.1. The lowest BCUT2D eigenvalue weighted by atomic mass is 10.1. The Morgan fingerprint density at radius 2 is 1.69 bits per heavy atom. The Morgan fingerprint density at radius 1 is 1.04 bits per heavy atom. The Balaban J connectivity index is 2.33. The van der Waals surface area contributed by atoms with Gasteiger partial charge in [-0.15, -0.1) is 0 Å². The topological polar surface area (TPSA) is 66.5 Å². The fourth-order valence-electron chi connectivity index (χ4n) is 2.75. The van der Waals surface area contributed by atoms with E-state index in [1.807, 2.05) is 45.9 Å². The summed E-state index contributed by atoms with van der Waals surface area (Å²) in [5.74, 6) is -0.454. The molecule has 0 saturated heterocycles. The van der Waals surface area contributed by atoms with Crippen molar-refractivity contribution >= 4 is 38.9 Å². The number of carbonyl (C=O) groups excluding carboxylic acids is 1. The molecule has 140 valence electrons. The third-order valence-electron chi connectivity index (χ3n) is 4.02. The van der Waals surface area contributed by atoms with Crippen molar-refractivity contribution in [2.24, 2.45) is 0 Å². The van der Waals surface area contributed by atoms with Crippen LogP contribution in [0, 0.1) is 27.7 Å². The van der Waals surface area contributed by atoms with Gasteiger partial charge in [0.15, 0.2) is 0 Å². The molecule has 0 bridgehead atoms. The van der Waals surface area contributed by atoms with Crippen LogP contribution in [0.3, 0.4) is 0 Å². The zero-order chi connectivity index (χ0) is 19.6. The molecule has 0 aliphatic carbocycles. The molecule has 2 rings (SSSR count). The molecule has 2 aromatic carbocycles. The number of carbonyl (C=O) groups is 1. The smallest absolute Gasteiger partial charge is 0.245 e. The Bertz CT molecular complexity index is 932. The van der Waals surface area contributed by atoms with Crippen LogP contribution >= 0.6 is 11.6 Å². The van der Waals surface area contributed by atoms with Gasteiger partial charge in [0.25, 0.3) is 0 Å². The number of aryl methyl sites for hydroxylation is 4. The summed E-state index contributed by atoms with van der Waals surface area (Å²) >= 11 is 6.22. The third kappa shape index (κ3) is 4.77. The molecule has 1 N–H and O–H groups in total. The highest BCUT2D eigenvalue weighted by Crippen LogP contribution is 2.28. The van der Waals surface area contributed by atoms with Gasteiger partial charge in [-0.2, -0.15) is 0 Å². The van der Waals surface area contributed by atoms with Gasteiger partial charge in [0, 0.05) is 0 Å². The van der Waals surface area contributed by atoms with E-state index in [4.69, 9.17) is 11.6 Å². The first-order chi connectivity index (χ1) is 12.0. The number of rotatable bonds is 5. The predicted molar refractivity (Wildman–Crippen MR) is 108 cm³/mol. The normalized spacial score (nSPS) is 11.3. The van der Waals surface area contributed by atoms with E-state index in [-0.39, 0.29) is 6.54 Å². The molecule has 0 aliphatic rings. The maximum absolute atomic E-state index is 12.6. The summed E-state index contributed by atoms with van der Waals surface area (Å²) in [5.41, 5.74) is 4.49. The van der Waals surface area contributed by atoms with Gasteiger partial charge in [-0.05, 0) is 62.1 Å². The first kappa shape index (κ1) is 20.3. The molecule has 0 aromatic heterocycles. The van der Waals surface area contributed by atoms with Crippen LogP contribution < -0.4 is 9.62 Å². The molecule has 0 unspecified atom stereocenters. The van der Waals surface area contributed by atoms with E-state index >= 15 is 0 Å².